The summed E-state index contributed by atoms with van der Waals surface area (Å²) >= 11 is 8.16. The van der Waals surface area contributed by atoms with Crippen LogP contribution in [-0.2, 0) is 6.54 Å². The SMILES string of the molecule is O=c1c(Cl)c(N2CC=C(c3cccs3)CC2)cnn1Cc1ccccc1. The number of hydrogen-bond donors (Lipinski definition) is 0. The normalized spacial score (nSPS) is 14.3. The van der Waals surface area contributed by atoms with Crippen molar-refractivity contribution >= 4 is 34.2 Å². The molecule has 2 aromatic heterocycles. The first-order valence-electron chi connectivity index (χ1n) is 8.50. The molecule has 1 aliphatic rings. The molecule has 0 saturated carbocycles. The van der Waals surface area contributed by atoms with Gasteiger partial charge in [0, 0.05) is 18.0 Å². The third-order valence-corrected chi connectivity index (χ3v) is 5.83. The Bertz CT molecular complexity index is 980. The van der Waals surface area contributed by atoms with Crippen LogP contribution in [0.4, 0.5) is 5.69 Å². The van der Waals surface area contributed by atoms with Crippen LogP contribution in [0.5, 0.6) is 0 Å². The van der Waals surface area contributed by atoms with Gasteiger partial charge >= 0.3 is 0 Å². The summed E-state index contributed by atoms with van der Waals surface area (Å²) < 4.78 is 1.41. The van der Waals surface area contributed by atoms with Crippen molar-refractivity contribution in [2.24, 2.45) is 0 Å². The molecule has 4 rings (SSSR count). The Labute approximate surface area is 161 Å². The van der Waals surface area contributed by atoms with Crippen molar-refractivity contribution < 1.29 is 0 Å². The number of rotatable bonds is 4. The van der Waals surface area contributed by atoms with E-state index in [0.29, 0.717) is 12.2 Å². The van der Waals surface area contributed by atoms with Crippen LogP contribution in [0.1, 0.15) is 16.9 Å². The standard InChI is InChI=1S/C20H18ClN3OS/c21-19-17(23-10-8-16(9-11-23)18-7-4-12-26-18)13-22-24(20(19)25)14-15-5-2-1-3-6-15/h1-8,12-13H,9-11,14H2. The molecule has 3 heterocycles. The van der Waals surface area contributed by atoms with Crippen LogP contribution in [0.2, 0.25) is 5.02 Å². The summed E-state index contributed by atoms with van der Waals surface area (Å²) in [6, 6.07) is 14.0. The average Bonchev–Trinajstić information content (AvgIpc) is 3.22. The molecule has 26 heavy (non-hydrogen) atoms. The van der Waals surface area contributed by atoms with Gasteiger partial charge in [0.25, 0.3) is 5.56 Å². The smallest absolute Gasteiger partial charge is 0.287 e. The molecule has 1 aromatic carbocycles. The van der Waals surface area contributed by atoms with Crippen LogP contribution in [0.15, 0.2) is 64.9 Å². The van der Waals surface area contributed by atoms with Gasteiger partial charge < -0.3 is 4.90 Å². The van der Waals surface area contributed by atoms with Gasteiger partial charge in [-0.05, 0) is 29.0 Å². The van der Waals surface area contributed by atoms with Crippen LogP contribution in [-0.4, -0.2) is 22.9 Å². The molecule has 0 unspecified atom stereocenters. The highest BCUT2D eigenvalue weighted by molar-refractivity contribution is 7.11. The van der Waals surface area contributed by atoms with Gasteiger partial charge in [-0.15, -0.1) is 11.3 Å². The van der Waals surface area contributed by atoms with Crippen LogP contribution in [0.25, 0.3) is 5.57 Å². The quantitative estimate of drug-likeness (QED) is 0.674. The van der Waals surface area contributed by atoms with E-state index in [1.807, 2.05) is 30.3 Å². The second-order valence-electron chi connectivity index (χ2n) is 6.19. The van der Waals surface area contributed by atoms with Crippen molar-refractivity contribution in [1.82, 2.24) is 9.78 Å². The van der Waals surface area contributed by atoms with Crippen molar-refractivity contribution in [2.45, 2.75) is 13.0 Å². The van der Waals surface area contributed by atoms with Crippen LogP contribution < -0.4 is 10.5 Å². The van der Waals surface area contributed by atoms with Gasteiger partial charge in [0.2, 0.25) is 0 Å². The molecular weight excluding hydrogens is 366 g/mol. The molecule has 0 N–H and O–H groups in total. The summed E-state index contributed by atoms with van der Waals surface area (Å²) in [6.07, 6.45) is 4.85. The molecule has 3 aromatic rings. The number of nitrogens with zero attached hydrogens (tertiary/aromatic N) is 3. The fourth-order valence-corrected chi connectivity index (χ4v) is 4.18. The number of benzene rings is 1. The zero-order valence-electron chi connectivity index (χ0n) is 14.1. The van der Waals surface area contributed by atoms with E-state index < -0.39 is 0 Å². The Kier molecular flexibility index (Phi) is 4.91. The second kappa shape index (κ2) is 7.48. The minimum atomic E-state index is -0.249. The Morgan fingerprint density at radius 1 is 1.15 bits per heavy atom. The predicted octanol–water partition coefficient (Wildman–Crippen LogP) is 4.30. The molecule has 6 heteroatoms. The lowest BCUT2D eigenvalue weighted by atomic mass is 10.1. The molecule has 4 nitrogen and oxygen atoms in total. The Morgan fingerprint density at radius 3 is 2.69 bits per heavy atom. The molecule has 0 atom stereocenters. The highest BCUT2D eigenvalue weighted by Crippen LogP contribution is 2.29. The number of anilines is 1. The molecule has 132 valence electrons. The van der Waals surface area contributed by atoms with Gasteiger partial charge in [-0.1, -0.05) is 54.1 Å². The number of hydrogen-bond acceptors (Lipinski definition) is 4. The molecule has 0 amide bonds. The molecule has 1 aliphatic heterocycles. The zero-order chi connectivity index (χ0) is 17.9. The summed E-state index contributed by atoms with van der Waals surface area (Å²) in [5, 5.41) is 6.67. The highest BCUT2D eigenvalue weighted by atomic mass is 35.5. The van der Waals surface area contributed by atoms with E-state index >= 15 is 0 Å². The van der Waals surface area contributed by atoms with Gasteiger partial charge in [0.1, 0.15) is 5.02 Å². The first-order valence-corrected chi connectivity index (χ1v) is 9.75. The van der Waals surface area contributed by atoms with Crippen molar-refractivity contribution in [3.8, 4) is 0 Å². The molecule has 0 fully saturated rings. The molecule has 0 radical (unpaired) electrons. The van der Waals surface area contributed by atoms with Gasteiger partial charge in [-0.3, -0.25) is 4.79 Å². The minimum Gasteiger partial charge on any atom is -0.365 e. The average molecular weight is 384 g/mol. The van der Waals surface area contributed by atoms with E-state index in [1.165, 1.54) is 15.1 Å². The first kappa shape index (κ1) is 17.1. The maximum atomic E-state index is 12.6. The third-order valence-electron chi connectivity index (χ3n) is 4.53. The van der Waals surface area contributed by atoms with E-state index in [1.54, 1.807) is 17.5 Å². The van der Waals surface area contributed by atoms with Gasteiger partial charge in [0.15, 0.2) is 0 Å². The summed E-state index contributed by atoms with van der Waals surface area (Å²) in [5.74, 6) is 0. The maximum absolute atomic E-state index is 12.6. The largest absolute Gasteiger partial charge is 0.365 e. The van der Waals surface area contributed by atoms with Crippen molar-refractivity contribution in [1.29, 1.82) is 0 Å². The number of thiophene rings is 1. The first-order chi connectivity index (χ1) is 12.7. The second-order valence-corrected chi connectivity index (χ2v) is 7.52. The van der Waals surface area contributed by atoms with E-state index in [9.17, 15) is 4.79 Å². The Hall–Kier alpha value is -2.37. The monoisotopic (exact) mass is 383 g/mol. The molecule has 0 saturated heterocycles. The van der Waals surface area contributed by atoms with Gasteiger partial charge in [-0.2, -0.15) is 5.10 Å². The molecule has 0 aliphatic carbocycles. The minimum absolute atomic E-state index is 0.240. The van der Waals surface area contributed by atoms with Crippen molar-refractivity contribution in [2.75, 3.05) is 18.0 Å². The fourth-order valence-electron chi connectivity index (χ4n) is 3.12. The van der Waals surface area contributed by atoms with Crippen LogP contribution >= 0.6 is 22.9 Å². The summed E-state index contributed by atoms with van der Waals surface area (Å²) in [4.78, 5) is 16.0. The maximum Gasteiger partial charge on any atom is 0.287 e. The molecule has 0 spiro atoms. The van der Waals surface area contributed by atoms with Crippen LogP contribution in [0.3, 0.4) is 0 Å². The van der Waals surface area contributed by atoms with Gasteiger partial charge in [-0.25, -0.2) is 4.68 Å². The van der Waals surface area contributed by atoms with E-state index in [0.717, 1.165) is 25.1 Å². The molecular formula is C20H18ClN3OS. The molecule has 0 bridgehead atoms. The van der Waals surface area contributed by atoms with E-state index in [4.69, 9.17) is 11.6 Å². The van der Waals surface area contributed by atoms with E-state index in [-0.39, 0.29) is 10.6 Å². The lowest BCUT2D eigenvalue weighted by Gasteiger charge is -2.28. The summed E-state index contributed by atoms with van der Waals surface area (Å²) in [5.41, 5.74) is 2.84. The van der Waals surface area contributed by atoms with Crippen molar-refractivity contribution in [3.63, 3.8) is 0 Å². The fraction of sp³-hybridized carbons (Fsp3) is 0.200. The summed E-state index contributed by atoms with van der Waals surface area (Å²) in [7, 11) is 0. The third kappa shape index (κ3) is 3.45. The lowest BCUT2D eigenvalue weighted by Crippen LogP contribution is -2.32. The predicted molar refractivity (Wildman–Crippen MR) is 108 cm³/mol. The summed E-state index contributed by atoms with van der Waals surface area (Å²) in [6.45, 7) is 1.98. The number of aromatic nitrogens is 2. The number of halogens is 1. The Balaban J connectivity index is 1.55. The lowest BCUT2D eigenvalue weighted by molar-refractivity contribution is 0.636. The van der Waals surface area contributed by atoms with E-state index in [2.05, 4.69) is 33.6 Å². The van der Waals surface area contributed by atoms with Crippen molar-refractivity contribution in [3.05, 3.63) is 85.9 Å². The van der Waals surface area contributed by atoms with Gasteiger partial charge in [0.05, 0.1) is 18.4 Å². The Morgan fingerprint density at radius 2 is 2.00 bits per heavy atom. The zero-order valence-corrected chi connectivity index (χ0v) is 15.7. The topological polar surface area (TPSA) is 38.1 Å². The van der Waals surface area contributed by atoms with Crippen LogP contribution in [0, 0.1) is 0 Å². The highest BCUT2D eigenvalue weighted by Gasteiger charge is 2.19.